The van der Waals surface area contributed by atoms with Crippen LogP contribution in [0.3, 0.4) is 0 Å². The number of hydrogen-bond acceptors (Lipinski definition) is 4. The van der Waals surface area contributed by atoms with Crippen molar-refractivity contribution in [3.63, 3.8) is 0 Å². The van der Waals surface area contributed by atoms with Crippen LogP contribution in [0.1, 0.15) is 47.1 Å². The normalized spacial score (nSPS) is 13.4. The Hall–Kier alpha value is -2.30. The van der Waals surface area contributed by atoms with Gasteiger partial charge in [0.05, 0.1) is 0 Å². The van der Waals surface area contributed by atoms with Crippen LogP contribution >= 0.6 is 0 Å². The summed E-state index contributed by atoms with van der Waals surface area (Å²) >= 11 is 0. The van der Waals surface area contributed by atoms with Crippen molar-refractivity contribution < 1.29 is 19.1 Å². The second-order valence-electron chi connectivity index (χ2n) is 7.43. The number of carbonyl (C=O) groups is 2. The first-order valence-corrected chi connectivity index (χ1v) is 7.92. The minimum absolute atomic E-state index is 0.541. The van der Waals surface area contributed by atoms with Gasteiger partial charge in [0.25, 0.3) is 0 Å². The number of esters is 1. The van der Waals surface area contributed by atoms with Gasteiger partial charge in [-0.3, -0.25) is 0 Å². The van der Waals surface area contributed by atoms with Gasteiger partial charge in [0.15, 0.2) is 0 Å². The van der Waals surface area contributed by atoms with Crippen molar-refractivity contribution >= 4 is 18.1 Å². The maximum Gasteiger partial charge on any atom is 0.408 e. The number of ether oxygens (including phenoxy) is 2. The lowest BCUT2D eigenvalue weighted by atomic mass is 10.1. The average molecular weight is 333 g/mol. The summed E-state index contributed by atoms with van der Waals surface area (Å²) in [5.74, 6) is -0.541. The van der Waals surface area contributed by atoms with Gasteiger partial charge in [-0.15, -0.1) is 0 Å². The van der Waals surface area contributed by atoms with Crippen LogP contribution in [0.4, 0.5) is 4.79 Å². The van der Waals surface area contributed by atoms with Gasteiger partial charge in [-0.05, 0) is 47.1 Å². The highest BCUT2D eigenvalue weighted by Gasteiger charge is 2.26. The predicted molar refractivity (Wildman–Crippen MR) is 94.5 cm³/mol. The molecule has 0 saturated heterocycles. The Kier molecular flexibility index (Phi) is 6.58. The summed E-state index contributed by atoms with van der Waals surface area (Å²) in [5, 5.41) is 2.54. The smallest absolute Gasteiger partial charge is 0.408 e. The summed E-state index contributed by atoms with van der Waals surface area (Å²) in [4.78, 5) is 24.3. The van der Waals surface area contributed by atoms with Crippen LogP contribution in [0, 0.1) is 0 Å². The molecule has 0 heterocycles. The van der Waals surface area contributed by atoms with E-state index in [0.717, 1.165) is 5.56 Å². The van der Waals surface area contributed by atoms with Crippen molar-refractivity contribution in [1.29, 1.82) is 0 Å². The van der Waals surface area contributed by atoms with Gasteiger partial charge in [0.1, 0.15) is 17.2 Å². The summed E-state index contributed by atoms with van der Waals surface area (Å²) < 4.78 is 10.6. The molecule has 1 rings (SSSR count). The lowest BCUT2D eigenvalue weighted by Gasteiger charge is -2.25. The quantitative estimate of drug-likeness (QED) is 0.848. The molecule has 0 aliphatic heterocycles. The molecule has 1 aromatic rings. The molecular formula is C19H27NO4. The summed E-state index contributed by atoms with van der Waals surface area (Å²) in [6.45, 7) is 10.6. The number of carbonyl (C=O) groups excluding carboxylic acids is 2. The zero-order valence-corrected chi connectivity index (χ0v) is 15.3. The Morgan fingerprint density at radius 1 is 0.958 bits per heavy atom. The lowest BCUT2D eigenvalue weighted by Crippen LogP contribution is -2.44. The largest absolute Gasteiger partial charge is 0.458 e. The van der Waals surface area contributed by atoms with Crippen molar-refractivity contribution in [1.82, 2.24) is 5.32 Å². The zero-order chi connectivity index (χ0) is 18.4. The van der Waals surface area contributed by atoms with Crippen LogP contribution in [0.15, 0.2) is 36.4 Å². The van der Waals surface area contributed by atoms with Crippen LogP contribution < -0.4 is 5.32 Å². The molecule has 0 aliphatic rings. The number of amides is 1. The van der Waals surface area contributed by atoms with Crippen LogP contribution in [0.5, 0.6) is 0 Å². The average Bonchev–Trinajstić information content (AvgIpc) is 2.40. The number of rotatable bonds is 4. The highest BCUT2D eigenvalue weighted by molar-refractivity contribution is 5.84. The van der Waals surface area contributed by atoms with Crippen molar-refractivity contribution in [2.75, 3.05) is 0 Å². The molecule has 0 bridgehead atoms. The molecule has 24 heavy (non-hydrogen) atoms. The third kappa shape index (κ3) is 8.36. The van der Waals surface area contributed by atoms with E-state index in [2.05, 4.69) is 5.32 Å². The van der Waals surface area contributed by atoms with Crippen LogP contribution in [-0.2, 0) is 14.3 Å². The van der Waals surface area contributed by atoms with Crippen molar-refractivity contribution in [2.45, 2.75) is 58.8 Å². The maximum atomic E-state index is 12.3. The van der Waals surface area contributed by atoms with Crippen molar-refractivity contribution in [2.24, 2.45) is 0 Å². The Bertz CT molecular complexity index is 580. The minimum atomic E-state index is -0.931. The van der Waals surface area contributed by atoms with Crippen LogP contribution in [-0.4, -0.2) is 29.3 Å². The first-order chi connectivity index (χ1) is 11.0. The Labute approximate surface area is 144 Å². The Morgan fingerprint density at radius 3 is 2.00 bits per heavy atom. The molecule has 5 nitrogen and oxygen atoms in total. The molecule has 5 heteroatoms. The monoisotopic (exact) mass is 333 g/mol. The number of benzene rings is 1. The van der Waals surface area contributed by atoms with E-state index in [9.17, 15) is 9.59 Å². The fraction of sp³-hybridized carbons (Fsp3) is 0.474. The van der Waals surface area contributed by atoms with Gasteiger partial charge in [-0.25, -0.2) is 9.59 Å². The molecule has 0 spiro atoms. The van der Waals surface area contributed by atoms with E-state index in [0.29, 0.717) is 0 Å². The summed E-state index contributed by atoms with van der Waals surface area (Å²) in [7, 11) is 0. The minimum Gasteiger partial charge on any atom is -0.458 e. The van der Waals surface area contributed by atoms with E-state index in [1.807, 2.05) is 30.3 Å². The van der Waals surface area contributed by atoms with Gasteiger partial charge in [-0.2, -0.15) is 0 Å². The van der Waals surface area contributed by atoms with Crippen molar-refractivity contribution in [3.8, 4) is 0 Å². The SMILES string of the molecule is CC(C)(C)OC(=O)NC(C=Cc1ccccc1)C(=O)OC(C)(C)C. The predicted octanol–water partition coefficient (Wildman–Crippen LogP) is 3.93. The van der Waals surface area contributed by atoms with E-state index in [1.165, 1.54) is 0 Å². The van der Waals surface area contributed by atoms with Crippen molar-refractivity contribution in [3.05, 3.63) is 42.0 Å². The highest BCUT2D eigenvalue weighted by atomic mass is 16.6. The third-order valence-electron chi connectivity index (χ3n) is 2.61. The summed E-state index contributed by atoms with van der Waals surface area (Å²) in [6, 6.07) is 8.56. The second kappa shape index (κ2) is 7.99. The second-order valence-corrected chi connectivity index (χ2v) is 7.43. The number of hydrogen-bond donors (Lipinski definition) is 1. The zero-order valence-electron chi connectivity index (χ0n) is 15.3. The van der Waals surface area contributed by atoms with Gasteiger partial charge < -0.3 is 14.8 Å². The summed E-state index contributed by atoms with van der Waals surface area (Å²) in [6.07, 6.45) is 2.68. The standard InChI is InChI=1S/C19H27NO4/c1-18(2,3)23-16(21)15(20-17(22)24-19(4,5)6)13-12-14-10-8-7-9-11-14/h7-13,15H,1-6H3,(H,20,22). The number of alkyl carbamates (subject to hydrolysis) is 1. The van der Waals surface area contributed by atoms with E-state index >= 15 is 0 Å². The fourth-order valence-corrected chi connectivity index (χ4v) is 1.76. The fourth-order valence-electron chi connectivity index (χ4n) is 1.76. The molecular weight excluding hydrogens is 306 g/mol. The van der Waals surface area contributed by atoms with Gasteiger partial charge >= 0.3 is 12.1 Å². The van der Waals surface area contributed by atoms with E-state index in [1.54, 1.807) is 53.7 Å². The molecule has 0 fully saturated rings. The maximum absolute atomic E-state index is 12.3. The van der Waals surface area contributed by atoms with Gasteiger partial charge in [0.2, 0.25) is 0 Å². The molecule has 0 aromatic heterocycles. The van der Waals surface area contributed by atoms with Gasteiger partial charge in [0, 0.05) is 0 Å². The Morgan fingerprint density at radius 2 is 1.50 bits per heavy atom. The molecule has 1 aromatic carbocycles. The summed E-state index contributed by atoms with van der Waals surface area (Å²) in [5.41, 5.74) is -0.380. The molecule has 0 aliphatic carbocycles. The van der Waals surface area contributed by atoms with Crippen LogP contribution in [0.25, 0.3) is 6.08 Å². The van der Waals surface area contributed by atoms with E-state index in [-0.39, 0.29) is 0 Å². The molecule has 1 N–H and O–H groups in total. The highest BCUT2D eigenvalue weighted by Crippen LogP contribution is 2.12. The molecule has 1 unspecified atom stereocenters. The molecule has 1 atom stereocenters. The van der Waals surface area contributed by atoms with Gasteiger partial charge in [-0.1, -0.05) is 42.5 Å². The topological polar surface area (TPSA) is 64.6 Å². The number of nitrogens with one attached hydrogen (secondary N) is 1. The molecule has 132 valence electrons. The van der Waals surface area contributed by atoms with Crippen LogP contribution in [0.2, 0.25) is 0 Å². The molecule has 1 amide bonds. The molecule has 0 radical (unpaired) electrons. The third-order valence-corrected chi connectivity index (χ3v) is 2.61. The first kappa shape index (κ1) is 19.7. The van der Waals surface area contributed by atoms with E-state index in [4.69, 9.17) is 9.47 Å². The first-order valence-electron chi connectivity index (χ1n) is 7.92. The lowest BCUT2D eigenvalue weighted by molar-refractivity contribution is -0.156. The molecule has 0 saturated carbocycles. The van der Waals surface area contributed by atoms with E-state index < -0.39 is 29.3 Å². The Balaban J connectivity index is 2.88.